The molecule has 2 rings (SSSR count). The van der Waals surface area contributed by atoms with Crippen LogP contribution in [-0.2, 0) is 16.6 Å². The van der Waals surface area contributed by atoms with E-state index in [1.807, 2.05) is 13.8 Å². The van der Waals surface area contributed by atoms with Crippen LogP contribution in [0, 0.1) is 0 Å². The maximum Gasteiger partial charge on any atom is 0.263 e. The molecule has 0 amide bonds. The fourth-order valence-corrected chi connectivity index (χ4v) is 3.75. The lowest BCUT2D eigenvalue weighted by Gasteiger charge is -2.06. The monoisotopic (exact) mass is 311 g/mol. The molecule has 5 nitrogen and oxygen atoms in total. The highest BCUT2D eigenvalue weighted by Crippen LogP contribution is 2.21. The van der Waals surface area contributed by atoms with Crippen LogP contribution in [0.1, 0.15) is 18.7 Å². The molecule has 2 aromatic rings. The molecule has 0 fully saturated rings. The number of aromatic nitrogens is 1. The molecule has 0 aliphatic rings. The Labute approximate surface area is 123 Å². The van der Waals surface area contributed by atoms with Crippen molar-refractivity contribution in [1.29, 1.82) is 0 Å². The first-order valence-corrected chi connectivity index (χ1v) is 8.58. The number of nitrogens with zero attached hydrogens (tertiary/aromatic N) is 1. The molecule has 0 unspecified atom stereocenters. The third-order valence-corrected chi connectivity index (χ3v) is 4.95. The van der Waals surface area contributed by atoms with Gasteiger partial charge in [-0.25, -0.2) is 13.4 Å². The van der Waals surface area contributed by atoms with Crippen LogP contribution >= 0.6 is 11.3 Å². The maximum atomic E-state index is 12.2. The summed E-state index contributed by atoms with van der Waals surface area (Å²) in [6.07, 6.45) is 1.55. The Morgan fingerprint density at radius 2 is 2.15 bits per heavy atom. The molecule has 0 bridgehead atoms. The molecule has 0 atom stereocenters. The second-order valence-electron chi connectivity index (χ2n) is 4.60. The summed E-state index contributed by atoms with van der Waals surface area (Å²) < 4.78 is 26.8. The molecule has 0 radical (unpaired) electrons. The Balaban J connectivity index is 2.10. The second-order valence-corrected chi connectivity index (χ2v) is 7.28. The highest BCUT2D eigenvalue weighted by Gasteiger charge is 2.16. The van der Waals surface area contributed by atoms with E-state index < -0.39 is 10.0 Å². The molecule has 7 heteroatoms. The molecule has 2 heterocycles. The van der Waals surface area contributed by atoms with E-state index in [0.29, 0.717) is 18.4 Å². The number of hydrogen-bond acceptors (Lipinski definition) is 5. The van der Waals surface area contributed by atoms with Crippen LogP contribution in [0.25, 0.3) is 0 Å². The lowest BCUT2D eigenvalue weighted by atomic mass is 10.4. The Morgan fingerprint density at radius 1 is 1.35 bits per heavy atom. The van der Waals surface area contributed by atoms with E-state index in [2.05, 4.69) is 15.0 Å². The van der Waals surface area contributed by atoms with Gasteiger partial charge < -0.3 is 5.32 Å². The van der Waals surface area contributed by atoms with Gasteiger partial charge in [-0.2, -0.15) is 0 Å². The summed E-state index contributed by atoms with van der Waals surface area (Å²) in [5.41, 5.74) is 0. The van der Waals surface area contributed by atoms with Crippen molar-refractivity contribution in [1.82, 2.24) is 10.3 Å². The normalized spacial score (nSPS) is 11.8. The van der Waals surface area contributed by atoms with Gasteiger partial charge in [0.15, 0.2) is 0 Å². The fraction of sp³-hybridized carbons (Fsp3) is 0.308. The first-order chi connectivity index (χ1) is 9.47. The van der Waals surface area contributed by atoms with E-state index in [9.17, 15) is 8.42 Å². The topological polar surface area (TPSA) is 71.1 Å². The number of thiophene rings is 1. The summed E-state index contributed by atoms with van der Waals surface area (Å²) in [5, 5.41) is 4.90. The van der Waals surface area contributed by atoms with Crippen molar-refractivity contribution in [2.75, 3.05) is 4.72 Å². The molecule has 2 N–H and O–H groups in total. The first-order valence-electron chi connectivity index (χ1n) is 6.22. The minimum Gasteiger partial charge on any atom is -0.310 e. The second kappa shape index (κ2) is 6.34. The van der Waals surface area contributed by atoms with Gasteiger partial charge in [0.2, 0.25) is 0 Å². The number of rotatable bonds is 6. The van der Waals surface area contributed by atoms with Gasteiger partial charge in [-0.3, -0.25) is 4.72 Å². The van der Waals surface area contributed by atoms with Gasteiger partial charge in [-0.05, 0) is 18.2 Å². The van der Waals surface area contributed by atoms with Crippen molar-refractivity contribution < 1.29 is 8.42 Å². The van der Waals surface area contributed by atoms with Gasteiger partial charge in [0.05, 0.1) is 4.90 Å². The molecule has 0 aromatic carbocycles. The predicted molar refractivity (Wildman–Crippen MR) is 81.3 cm³/mol. The quantitative estimate of drug-likeness (QED) is 0.859. The Hall–Kier alpha value is -1.44. The van der Waals surface area contributed by atoms with Crippen molar-refractivity contribution in [2.45, 2.75) is 31.3 Å². The molecular formula is C13H17N3O2S2. The van der Waals surface area contributed by atoms with E-state index in [-0.39, 0.29) is 4.90 Å². The molecule has 0 aliphatic carbocycles. The van der Waals surface area contributed by atoms with Gasteiger partial charge in [-0.1, -0.05) is 19.9 Å². The highest BCUT2D eigenvalue weighted by molar-refractivity contribution is 7.92. The number of anilines is 1. The van der Waals surface area contributed by atoms with E-state index in [4.69, 9.17) is 0 Å². The maximum absolute atomic E-state index is 12.2. The highest BCUT2D eigenvalue weighted by atomic mass is 32.2. The van der Waals surface area contributed by atoms with Crippen LogP contribution < -0.4 is 10.0 Å². The minimum absolute atomic E-state index is 0.272. The smallest absolute Gasteiger partial charge is 0.263 e. The summed E-state index contributed by atoms with van der Waals surface area (Å²) in [6, 6.07) is 7.13. The zero-order valence-electron chi connectivity index (χ0n) is 11.3. The Kier molecular flexibility index (Phi) is 4.74. The third-order valence-electron chi connectivity index (χ3n) is 2.53. The van der Waals surface area contributed by atoms with Gasteiger partial charge in [0, 0.05) is 29.0 Å². The molecule has 0 aliphatic heterocycles. The largest absolute Gasteiger partial charge is 0.310 e. The Bertz CT molecular complexity index is 651. The summed E-state index contributed by atoms with van der Waals surface area (Å²) in [5.74, 6) is 0.320. The van der Waals surface area contributed by atoms with Crippen molar-refractivity contribution in [3.63, 3.8) is 0 Å². The molecular weight excluding hydrogens is 294 g/mol. The van der Waals surface area contributed by atoms with Gasteiger partial charge in [0.25, 0.3) is 10.0 Å². The van der Waals surface area contributed by atoms with Crippen LogP contribution in [0.15, 0.2) is 40.7 Å². The molecule has 0 saturated carbocycles. The van der Waals surface area contributed by atoms with Crippen LogP contribution in [0.4, 0.5) is 5.82 Å². The number of sulfonamides is 1. The third kappa shape index (κ3) is 4.03. The van der Waals surface area contributed by atoms with E-state index in [1.165, 1.54) is 11.3 Å². The van der Waals surface area contributed by atoms with Gasteiger partial charge in [-0.15, -0.1) is 11.3 Å². The van der Waals surface area contributed by atoms with Crippen LogP contribution in [0.5, 0.6) is 0 Å². The molecule has 108 valence electrons. The molecule has 2 aromatic heterocycles. The first kappa shape index (κ1) is 15.0. The average Bonchev–Trinajstić information content (AvgIpc) is 2.86. The van der Waals surface area contributed by atoms with Crippen LogP contribution in [0.3, 0.4) is 0 Å². The van der Waals surface area contributed by atoms with Crippen molar-refractivity contribution in [3.05, 3.63) is 40.7 Å². The zero-order valence-corrected chi connectivity index (χ0v) is 13.0. The Morgan fingerprint density at radius 3 is 2.80 bits per heavy atom. The molecule has 0 saturated heterocycles. The van der Waals surface area contributed by atoms with E-state index >= 15 is 0 Å². The summed E-state index contributed by atoms with van der Waals surface area (Å²) in [7, 11) is -3.56. The van der Waals surface area contributed by atoms with Crippen molar-refractivity contribution in [3.8, 4) is 0 Å². The van der Waals surface area contributed by atoms with Crippen molar-refractivity contribution in [2.24, 2.45) is 0 Å². The minimum atomic E-state index is -3.56. The number of nitrogens with one attached hydrogen (secondary N) is 2. The SMILES string of the molecule is CC(C)NCc1cc(S(=O)(=O)Nc2ccccn2)cs1. The summed E-state index contributed by atoms with van der Waals surface area (Å²) in [4.78, 5) is 5.21. The van der Waals surface area contributed by atoms with Crippen molar-refractivity contribution >= 4 is 27.2 Å². The number of pyridine rings is 1. The zero-order chi connectivity index (χ0) is 14.6. The van der Waals surface area contributed by atoms with Gasteiger partial charge in [0.1, 0.15) is 5.82 Å². The van der Waals surface area contributed by atoms with E-state index in [1.54, 1.807) is 35.8 Å². The molecule has 0 spiro atoms. The summed E-state index contributed by atoms with van der Waals surface area (Å²) >= 11 is 1.43. The summed E-state index contributed by atoms with van der Waals surface area (Å²) in [6.45, 7) is 4.77. The standard InChI is InChI=1S/C13H17N3O2S2/c1-10(2)15-8-11-7-12(9-19-11)20(17,18)16-13-5-3-4-6-14-13/h3-7,9-10,15H,8H2,1-2H3,(H,14,16). The van der Waals surface area contributed by atoms with Crippen LogP contribution in [0.2, 0.25) is 0 Å². The fourth-order valence-electron chi connectivity index (χ4n) is 1.52. The van der Waals surface area contributed by atoms with E-state index in [0.717, 1.165) is 4.88 Å². The molecule has 20 heavy (non-hydrogen) atoms. The lowest BCUT2D eigenvalue weighted by Crippen LogP contribution is -2.21. The number of hydrogen-bond donors (Lipinski definition) is 2. The van der Waals surface area contributed by atoms with Crippen LogP contribution in [-0.4, -0.2) is 19.4 Å². The van der Waals surface area contributed by atoms with Gasteiger partial charge >= 0.3 is 0 Å². The lowest BCUT2D eigenvalue weighted by molar-refractivity contribution is 0.592. The average molecular weight is 311 g/mol. The predicted octanol–water partition coefficient (Wildman–Crippen LogP) is 2.44.